The largest absolute Gasteiger partial charge is 0.376 e. The Hall–Kier alpha value is -0.570. The van der Waals surface area contributed by atoms with Crippen LogP contribution in [0, 0.1) is 0 Å². The van der Waals surface area contributed by atoms with Crippen LogP contribution in [0.1, 0.15) is 40.0 Å². The summed E-state index contributed by atoms with van der Waals surface area (Å²) in [4.78, 5) is 9.89. The summed E-state index contributed by atoms with van der Waals surface area (Å²) in [6, 6.07) is 0. The number of unbranched alkanes of at least 4 members (excludes halogenated alkanes) is 2. The van der Waals surface area contributed by atoms with Gasteiger partial charge < -0.3 is 10.1 Å². The molecule has 0 spiro atoms. The van der Waals surface area contributed by atoms with Gasteiger partial charge in [-0.3, -0.25) is 4.79 Å². The second-order valence-corrected chi connectivity index (χ2v) is 4.09. The van der Waals surface area contributed by atoms with Crippen molar-refractivity contribution in [3.63, 3.8) is 0 Å². The van der Waals surface area contributed by atoms with Gasteiger partial charge in [-0.25, -0.2) is 0 Å². The van der Waals surface area contributed by atoms with Gasteiger partial charge >= 0.3 is 0 Å². The summed E-state index contributed by atoms with van der Waals surface area (Å²) < 4.78 is 5.55. The maximum absolute atomic E-state index is 9.89. The van der Waals surface area contributed by atoms with E-state index in [0.29, 0.717) is 0 Å². The molecule has 0 saturated heterocycles. The van der Waals surface area contributed by atoms with Crippen LogP contribution in [0.15, 0.2) is 0 Å². The van der Waals surface area contributed by atoms with Crippen molar-refractivity contribution in [3.8, 4) is 0 Å². The lowest BCUT2D eigenvalue weighted by molar-refractivity contribution is -0.109. The van der Waals surface area contributed by atoms with E-state index in [4.69, 9.17) is 4.74 Å². The summed E-state index contributed by atoms with van der Waals surface area (Å²) >= 11 is 0. The van der Waals surface area contributed by atoms with Crippen molar-refractivity contribution >= 4 is 6.41 Å². The van der Waals surface area contributed by atoms with E-state index in [9.17, 15) is 4.79 Å². The maximum Gasteiger partial charge on any atom is 0.207 e. The molecule has 0 atom stereocenters. The Morgan fingerprint density at radius 3 is 2.46 bits per heavy atom. The maximum atomic E-state index is 9.89. The normalized spacial score (nSPS) is 11.3. The summed E-state index contributed by atoms with van der Waals surface area (Å²) in [6.07, 6.45) is 3.95. The quantitative estimate of drug-likeness (QED) is 0.487. The van der Waals surface area contributed by atoms with Crippen molar-refractivity contribution < 1.29 is 9.53 Å². The first-order valence-corrected chi connectivity index (χ1v) is 4.87. The average Bonchev–Trinajstić information content (AvgIpc) is 2.01. The van der Waals surface area contributed by atoms with E-state index in [1.807, 2.05) is 0 Å². The molecule has 0 fully saturated rings. The van der Waals surface area contributed by atoms with E-state index < -0.39 is 0 Å². The topological polar surface area (TPSA) is 38.3 Å². The van der Waals surface area contributed by atoms with Gasteiger partial charge in [0.2, 0.25) is 6.41 Å². The molecule has 13 heavy (non-hydrogen) atoms. The van der Waals surface area contributed by atoms with Crippen LogP contribution in [0.5, 0.6) is 0 Å². The number of nitrogens with one attached hydrogen (secondary N) is 1. The smallest absolute Gasteiger partial charge is 0.207 e. The zero-order valence-electron chi connectivity index (χ0n) is 8.93. The molecule has 1 amide bonds. The minimum absolute atomic E-state index is 0.0267. The van der Waals surface area contributed by atoms with Crippen LogP contribution < -0.4 is 5.32 Å². The number of rotatable bonds is 7. The fourth-order valence-electron chi connectivity index (χ4n) is 0.943. The summed E-state index contributed by atoms with van der Waals surface area (Å²) in [5.74, 6) is 0. The molecule has 0 aliphatic carbocycles. The third kappa shape index (κ3) is 11.4. The van der Waals surface area contributed by atoms with Crippen LogP contribution >= 0.6 is 0 Å². The first kappa shape index (κ1) is 12.4. The number of ether oxygens (including phenoxy) is 1. The van der Waals surface area contributed by atoms with E-state index in [-0.39, 0.29) is 5.60 Å². The van der Waals surface area contributed by atoms with E-state index in [2.05, 4.69) is 26.1 Å². The zero-order chi connectivity index (χ0) is 10.2. The molecule has 0 aromatic carbocycles. The van der Waals surface area contributed by atoms with E-state index in [1.165, 1.54) is 0 Å². The van der Waals surface area contributed by atoms with Crippen LogP contribution in [-0.4, -0.2) is 25.2 Å². The van der Waals surface area contributed by atoms with Gasteiger partial charge in [-0.2, -0.15) is 0 Å². The van der Waals surface area contributed by atoms with Gasteiger partial charge in [0.25, 0.3) is 0 Å². The fourth-order valence-corrected chi connectivity index (χ4v) is 0.943. The van der Waals surface area contributed by atoms with Crippen molar-refractivity contribution in [1.82, 2.24) is 5.32 Å². The van der Waals surface area contributed by atoms with Crippen molar-refractivity contribution in [2.24, 2.45) is 0 Å². The van der Waals surface area contributed by atoms with Gasteiger partial charge in [-0.05, 0) is 40.0 Å². The molecule has 0 aromatic heterocycles. The number of carbonyl (C=O) groups excluding carboxylic acids is 1. The highest BCUT2D eigenvalue weighted by atomic mass is 16.5. The first-order chi connectivity index (χ1) is 6.06. The van der Waals surface area contributed by atoms with Crippen LogP contribution in [0.25, 0.3) is 0 Å². The van der Waals surface area contributed by atoms with Gasteiger partial charge in [-0.15, -0.1) is 0 Å². The molecular formula is C10H21NO2. The highest BCUT2D eigenvalue weighted by Crippen LogP contribution is 2.07. The molecular weight excluding hydrogens is 166 g/mol. The van der Waals surface area contributed by atoms with Crippen molar-refractivity contribution in [3.05, 3.63) is 0 Å². The molecule has 0 heterocycles. The molecule has 0 aliphatic heterocycles. The van der Waals surface area contributed by atoms with E-state index in [1.54, 1.807) is 0 Å². The molecule has 0 unspecified atom stereocenters. The third-order valence-corrected chi connectivity index (χ3v) is 1.58. The second-order valence-electron chi connectivity index (χ2n) is 4.09. The summed E-state index contributed by atoms with van der Waals surface area (Å²) in [7, 11) is 0. The summed E-state index contributed by atoms with van der Waals surface area (Å²) in [5, 5.41) is 2.63. The van der Waals surface area contributed by atoms with E-state index in [0.717, 1.165) is 38.8 Å². The van der Waals surface area contributed by atoms with Gasteiger partial charge in [0, 0.05) is 13.2 Å². The molecule has 0 aromatic rings. The predicted octanol–water partition coefficient (Wildman–Crippen LogP) is 1.72. The molecule has 3 heteroatoms. The first-order valence-electron chi connectivity index (χ1n) is 4.87. The lowest BCUT2D eigenvalue weighted by atomic mass is 10.2. The molecule has 0 saturated carbocycles. The van der Waals surface area contributed by atoms with Gasteiger partial charge in [0.05, 0.1) is 5.60 Å². The predicted molar refractivity (Wildman–Crippen MR) is 53.6 cm³/mol. The van der Waals surface area contributed by atoms with Gasteiger partial charge in [0.1, 0.15) is 0 Å². The zero-order valence-corrected chi connectivity index (χ0v) is 8.93. The number of carbonyl (C=O) groups is 1. The Labute approximate surface area is 80.8 Å². The molecule has 78 valence electrons. The van der Waals surface area contributed by atoms with Crippen LogP contribution in [0.4, 0.5) is 0 Å². The molecule has 0 radical (unpaired) electrons. The van der Waals surface area contributed by atoms with E-state index >= 15 is 0 Å². The van der Waals surface area contributed by atoms with Gasteiger partial charge in [0.15, 0.2) is 0 Å². The summed E-state index contributed by atoms with van der Waals surface area (Å²) in [5.41, 5.74) is -0.0267. The Bertz CT molecular complexity index is 129. The van der Waals surface area contributed by atoms with Crippen LogP contribution in [0.2, 0.25) is 0 Å². The SMILES string of the molecule is CC(C)(C)OCCCCCNC=O. The Balaban J connectivity index is 3.04. The lowest BCUT2D eigenvalue weighted by Crippen LogP contribution is -2.19. The summed E-state index contributed by atoms with van der Waals surface area (Å²) in [6.45, 7) is 7.76. The Kier molecular flexibility index (Phi) is 6.59. The highest BCUT2D eigenvalue weighted by Gasteiger charge is 2.08. The fraction of sp³-hybridized carbons (Fsp3) is 0.900. The number of hydrogen-bond donors (Lipinski definition) is 1. The number of amides is 1. The minimum atomic E-state index is -0.0267. The molecule has 0 rings (SSSR count). The third-order valence-electron chi connectivity index (χ3n) is 1.58. The minimum Gasteiger partial charge on any atom is -0.376 e. The van der Waals surface area contributed by atoms with Crippen molar-refractivity contribution in [1.29, 1.82) is 0 Å². The highest BCUT2D eigenvalue weighted by molar-refractivity contribution is 5.45. The monoisotopic (exact) mass is 187 g/mol. The van der Waals surface area contributed by atoms with Gasteiger partial charge in [-0.1, -0.05) is 0 Å². The molecule has 1 N–H and O–H groups in total. The lowest BCUT2D eigenvalue weighted by Gasteiger charge is -2.19. The second kappa shape index (κ2) is 6.89. The molecule has 0 bridgehead atoms. The standard InChI is InChI=1S/C10H21NO2/c1-10(2,3)13-8-6-4-5-7-11-9-12/h9H,4-8H2,1-3H3,(H,11,12). The molecule has 0 aliphatic rings. The Morgan fingerprint density at radius 2 is 1.92 bits per heavy atom. The van der Waals surface area contributed by atoms with Crippen LogP contribution in [-0.2, 0) is 9.53 Å². The van der Waals surface area contributed by atoms with Crippen molar-refractivity contribution in [2.75, 3.05) is 13.2 Å². The molecule has 3 nitrogen and oxygen atoms in total. The van der Waals surface area contributed by atoms with Crippen molar-refractivity contribution in [2.45, 2.75) is 45.6 Å². The van der Waals surface area contributed by atoms with Crippen LogP contribution in [0.3, 0.4) is 0 Å². The Morgan fingerprint density at radius 1 is 1.23 bits per heavy atom. The number of hydrogen-bond acceptors (Lipinski definition) is 2. The average molecular weight is 187 g/mol.